The first-order valence-electron chi connectivity index (χ1n) is 10.7. The molecule has 2 aromatic carbocycles. The van der Waals surface area contributed by atoms with Gasteiger partial charge in [0.15, 0.2) is 0 Å². The molecule has 0 unspecified atom stereocenters. The number of carbonyl (C=O) groups excluding carboxylic acids is 1. The van der Waals surface area contributed by atoms with E-state index in [1.807, 2.05) is 26.0 Å². The zero-order valence-corrected chi connectivity index (χ0v) is 18.2. The van der Waals surface area contributed by atoms with Gasteiger partial charge in [0, 0.05) is 25.2 Å². The number of carbonyl (C=O) groups is 1. The summed E-state index contributed by atoms with van der Waals surface area (Å²) >= 11 is 0. The second-order valence-electron chi connectivity index (χ2n) is 8.38. The number of amides is 1. The molecule has 1 amide bonds. The summed E-state index contributed by atoms with van der Waals surface area (Å²) in [5.41, 5.74) is 4.69. The molecule has 2 atom stereocenters. The topological polar surface area (TPSA) is 41.6 Å². The molecule has 1 aliphatic heterocycles. The molecule has 3 rings (SSSR count). The zero-order chi connectivity index (χ0) is 20.8. The summed E-state index contributed by atoms with van der Waals surface area (Å²) in [4.78, 5) is 14.9. The summed E-state index contributed by atoms with van der Waals surface area (Å²) in [6.45, 7) is 8.68. The third kappa shape index (κ3) is 5.75. The normalized spacial score (nSPS) is 17.7. The van der Waals surface area contributed by atoms with E-state index < -0.39 is 0 Å². The number of aryl methyl sites for hydroxylation is 2. The number of nitrogens with zero attached hydrogens (tertiary/aromatic N) is 1. The van der Waals surface area contributed by atoms with Gasteiger partial charge in [-0.3, -0.25) is 4.79 Å². The highest BCUT2D eigenvalue weighted by molar-refractivity contribution is 5.76. The zero-order valence-electron chi connectivity index (χ0n) is 18.2. The maximum absolute atomic E-state index is 12.4. The molecule has 0 radical (unpaired) electrons. The van der Waals surface area contributed by atoms with Gasteiger partial charge in [-0.05, 0) is 73.9 Å². The Hall–Kier alpha value is -2.49. The molecule has 4 heteroatoms. The van der Waals surface area contributed by atoms with Crippen LogP contribution in [0, 0.1) is 12.8 Å². The van der Waals surface area contributed by atoms with Crippen LogP contribution in [0.25, 0.3) is 0 Å². The fourth-order valence-corrected chi connectivity index (χ4v) is 4.15. The second-order valence-corrected chi connectivity index (χ2v) is 8.38. The lowest BCUT2D eigenvalue weighted by Crippen LogP contribution is -2.34. The van der Waals surface area contributed by atoms with E-state index in [-0.39, 0.29) is 11.9 Å². The first-order valence-corrected chi connectivity index (χ1v) is 10.7. The summed E-state index contributed by atoms with van der Waals surface area (Å²) in [5.74, 6) is 1.73. The van der Waals surface area contributed by atoms with Gasteiger partial charge in [-0.25, -0.2) is 0 Å². The van der Waals surface area contributed by atoms with Crippen LogP contribution in [0.4, 0.5) is 5.69 Å². The van der Waals surface area contributed by atoms with Crippen molar-refractivity contribution in [3.8, 4) is 5.75 Å². The lowest BCUT2D eigenvalue weighted by molar-refractivity contribution is -0.121. The van der Waals surface area contributed by atoms with Crippen molar-refractivity contribution in [2.24, 2.45) is 5.92 Å². The quantitative estimate of drug-likeness (QED) is 0.714. The van der Waals surface area contributed by atoms with Gasteiger partial charge in [0.2, 0.25) is 5.91 Å². The van der Waals surface area contributed by atoms with Crippen LogP contribution in [0.5, 0.6) is 5.75 Å². The fraction of sp³-hybridized carbons (Fsp3) is 0.480. The Labute approximate surface area is 175 Å². The molecule has 2 aromatic rings. The van der Waals surface area contributed by atoms with Gasteiger partial charge in [0.1, 0.15) is 5.75 Å². The van der Waals surface area contributed by atoms with Crippen molar-refractivity contribution in [2.75, 3.05) is 25.1 Å². The predicted octanol–water partition coefficient (Wildman–Crippen LogP) is 5.05. The van der Waals surface area contributed by atoms with E-state index in [9.17, 15) is 4.79 Å². The summed E-state index contributed by atoms with van der Waals surface area (Å²) in [5, 5.41) is 3.13. The number of nitrogens with one attached hydrogen (secondary N) is 1. The Morgan fingerprint density at radius 3 is 2.66 bits per heavy atom. The third-order valence-electron chi connectivity index (χ3n) is 5.89. The van der Waals surface area contributed by atoms with Crippen LogP contribution < -0.4 is 15.0 Å². The Kier molecular flexibility index (Phi) is 7.18. The monoisotopic (exact) mass is 394 g/mol. The molecule has 0 saturated carbocycles. The van der Waals surface area contributed by atoms with Crippen LogP contribution in [-0.4, -0.2) is 26.1 Å². The van der Waals surface area contributed by atoms with Crippen LogP contribution >= 0.6 is 0 Å². The Bertz CT molecular complexity index is 816. The first-order chi connectivity index (χ1) is 14.0. The highest BCUT2D eigenvalue weighted by Gasteiger charge is 2.17. The van der Waals surface area contributed by atoms with Crippen LogP contribution in [0.1, 0.15) is 55.8 Å². The standard InChI is InChI=1S/C25H34N2O2/c1-18-6-5-15-27(17-18)23-11-9-22(10-12-23)20(3)26-25(28)14-8-21-7-13-24(29-4)19(2)16-21/h7,9-13,16,18,20H,5-6,8,14-15,17H2,1-4H3,(H,26,28)/t18-,20+/m0/s1. The maximum Gasteiger partial charge on any atom is 0.220 e. The van der Waals surface area contributed by atoms with Crippen LogP contribution in [0.15, 0.2) is 42.5 Å². The largest absolute Gasteiger partial charge is 0.496 e. The van der Waals surface area contributed by atoms with Crippen LogP contribution in [-0.2, 0) is 11.2 Å². The van der Waals surface area contributed by atoms with Crippen molar-refractivity contribution in [3.05, 3.63) is 59.2 Å². The van der Waals surface area contributed by atoms with Gasteiger partial charge in [-0.1, -0.05) is 31.2 Å². The number of anilines is 1. The molecule has 0 spiro atoms. The molecule has 0 aromatic heterocycles. The number of piperidine rings is 1. The highest BCUT2D eigenvalue weighted by Crippen LogP contribution is 2.25. The van der Waals surface area contributed by atoms with Gasteiger partial charge in [-0.15, -0.1) is 0 Å². The minimum atomic E-state index is 0.00873. The van der Waals surface area contributed by atoms with E-state index in [1.54, 1.807) is 7.11 Å². The van der Waals surface area contributed by atoms with Crippen molar-refractivity contribution in [1.29, 1.82) is 0 Å². The van der Waals surface area contributed by atoms with Crippen LogP contribution in [0.3, 0.4) is 0 Å². The van der Waals surface area contributed by atoms with Crippen molar-refractivity contribution in [3.63, 3.8) is 0 Å². The van der Waals surface area contributed by atoms with Crippen molar-refractivity contribution >= 4 is 11.6 Å². The molecule has 29 heavy (non-hydrogen) atoms. The van der Waals surface area contributed by atoms with E-state index in [2.05, 4.69) is 47.5 Å². The third-order valence-corrected chi connectivity index (χ3v) is 5.89. The lowest BCUT2D eigenvalue weighted by atomic mass is 9.99. The average molecular weight is 395 g/mol. The van der Waals surface area contributed by atoms with Gasteiger partial charge in [-0.2, -0.15) is 0 Å². The number of hydrogen-bond donors (Lipinski definition) is 1. The fourth-order valence-electron chi connectivity index (χ4n) is 4.15. The van der Waals surface area contributed by atoms with Gasteiger partial charge in [0.25, 0.3) is 0 Å². The first kappa shape index (κ1) is 21.2. The van der Waals surface area contributed by atoms with Crippen molar-refractivity contribution in [1.82, 2.24) is 5.32 Å². The smallest absolute Gasteiger partial charge is 0.220 e. The predicted molar refractivity (Wildman–Crippen MR) is 120 cm³/mol. The van der Waals surface area contributed by atoms with Gasteiger partial charge in [0.05, 0.1) is 13.2 Å². The Balaban J connectivity index is 1.50. The van der Waals surface area contributed by atoms with Crippen molar-refractivity contribution in [2.45, 2.75) is 52.5 Å². The van der Waals surface area contributed by atoms with E-state index in [0.717, 1.165) is 47.9 Å². The summed E-state index contributed by atoms with van der Waals surface area (Å²) in [7, 11) is 1.68. The van der Waals surface area contributed by atoms with Crippen molar-refractivity contribution < 1.29 is 9.53 Å². The van der Waals surface area contributed by atoms with E-state index in [1.165, 1.54) is 18.5 Å². The molecule has 1 saturated heterocycles. The molecule has 1 aliphatic rings. The number of ether oxygens (including phenoxy) is 1. The molecule has 4 nitrogen and oxygen atoms in total. The minimum absolute atomic E-state index is 0.00873. The average Bonchev–Trinajstić information content (AvgIpc) is 2.72. The Morgan fingerprint density at radius 2 is 2.00 bits per heavy atom. The maximum atomic E-state index is 12.4. The molecular formula is C25H34N2O2. The molecule has 0 bridgehead atoms. The number of hydrogen-bond acceptors (Lipinski definition) is 3. The molecule has 156 valence electrons. The van der Waals surface area contributed by atoms with E-state index in [0.29, 0.717) is 6.42 Å². The molecule has 1 heterocycles. The minimum Gasteiger partial charge on any atom is -0.496 e. The number of benzene rings is 2. The highest BCUT2D eigenvalue weighted by atomic mass is 16.5. The van der Waals surface area contributed by atoms with Gasteiger partial charge >= 0.3 is 0 Å². The summed E-state index contributed by atoms with van der Waals surface area (Å²) in [6.07, 6.45) is 3.81. The van der Waals surface area contributed by atoms with E-state index >= 15 is 0 Å². The summed E-state index contributed by atoms with van der Waals surface area (Å²) in [6, 6.07) is 14.8. The number of rotatable bonds is 7. The van der Waals surface area contributed by atoms with Gasteiger partial charge < -0.3 is 15.0 Å². The SMILES string of the molecule is COc1ccc(CCC(=O)N[C@H](C)c2ccc(N3CCC[C@H](C)C3)cc2)cc1C. The number of methoxy groups -OCH3 is 1. The molecule has 1 fully saturated rings. The molecule has 1 N–H and O–H groups in total. The summed E-state index contributed by atoms with van der Waals surface area (Å²) < 4.78 is 5.30. The molecule has 0 aliphatic carbocycles. The molecular weight excluding hydrogens is 360 g/mol. The second kappa shape index (κ2) is 9.82. The van der Waals surface area contributed by atoms with E-state index in [4.69, 9.17) is 4.74 Å². The Morgan fingerprint density at radius 1 is 1.24 bits per heavy atom. The lowest BCUT2D eigenvalue weighted by Gasteiger charge is -2.33. The van der Waals surface area contributed by atoms with Crippen LogP contribution in [0.2, 0.25) is 0 Å².